The summed E-state index contributed by atoms with van der Waals surface area (Å²) in [5.41, 5.74) is 0. The lowest BCUT2D eigenvalue weighted by atomic mass is 10.2. The van der Waals surface area contributed by atoms with Gasteiger partial charge in [-0.15, -0.1) is 4.37 Å². The molecule has 1 saturated heterocycles. The van der Waals surface area contributed by atoms with E-state index in [1.165, 1.54) is 15.9 Å². The molecule has 0 bridgehead atoms. The van der Waals surface area contributed by atoms with Gasteiger partial charge in [0.2, 0.25) is 5.82 Å². The fraction of sp³-hybridized carbons (Fsp3) is 0.417. The van der Waals surface area contributed by atoms with Crippen LogP contribution in [0.4, 0.5) is 5.82 Å². The molecule has 0 unspecified atom stereocenters. The number of rotatable bonds is 1. The van der Waals surface area contributed by atoms with Crippen LogP contribution < -0.4 is 9.80 Å². The van der Waals surface area contributed by atoms with Crippen LogP contribution in [-0.2, 0) is 0 Å². The molecule has 3 rings (SSSR count). The van der Waals surface area contributed by atoms with Gasteiger partial charge in [-0.25, -0.2) is 0 Å². The third-order valence-corrected chi connectivity index (χ3v) is 4.25. The number of quaternary nitrogens is 1. The second-order valence-electron chi connectivity index (χ2n) is 4.60. The molecule has 1 aliphatic heterocycles. The molecular formula is C12H16N3S+. The normalized spacial score (nSPS) is 20.1. The Morgan fingerprint density at radius 3 is 2.81 bits per heavy atom. The molecule has 1 aromatic carbocycles. The lowest BCUT2D eigenvalue weighted by Crippen LogP contribution is -2.57. The third kappa shape index (κ3) is 1.54. The molecule has 84 valence electrons. The van der Waals surface area contributed by atoms with Crippen LogP contribution in [0.2, 0.25) is 0 Å². The molecule has 0 aliphatic carbocycles. The molecule has 4 heteroatoms. The van der Waals surface area contributed by atoms with Crippen LogP contribution in [0.25, 0.3) is 10.1 Å². The largest absolute Gasteiger partial charge is 0.306 e. The summed E-state index contributed by atoms with van der Waals surface area (Å²) in [4.78, 5) is 0. The Labute approximate surface area is 99.5 Å². The maximum Gasteiger partial charge on any atom is 0.247 e. The number of aromatic nitrogens is 1. The number of benzene rings is 1. The predicted octanol–water partition coefficient (Wildman–Crippen LogP) is 1.84. The smallest absolute Gasteiger partial charge is 0.247 e. The molecule has 16 heavy (non-hydrogen) atoms. The Bertz CT molecular complexity index is 500. The monoisotopic (exact) mass is 234 g/mol. The first-order chi connectivity index (χ1) is 7.80. The van der Waals surface area contributed by atoms with Crippen molar-refractivity contribution in [1.29, 1.82) is 0 Å². The van der Waals surface area contributed by atoms with Crippen LogP contribution in [0.1, 0.15) is 0 Å². The van der Waals surface area contributed by atoms with Crippen LogP contribution in [0.3, 0.4) is 0 Å². The second-order valence-corrected chi connectivity index (χ2v) is 5.40. The number of hydrogen-bond donors (Lipinski definition) is 1. The minimum Gasteiger partial charge on any atom is -0.306 e. The number of nitrogens with one attached hydrogen (secondary N) is 1. The first kappa shape index (κ1) is 10.2. The summed E-state index contributed by atoms with van der Waals surface area (Å²) in [6.45, 7) is 4.44. The summed E-state index contributed by atoms with van der Waals surface area (Å²) in [5, 5.41) is 4.74. The summed E-state index contributed by atoms with van der Waals surface area (Å²) < 4.78 is 6.95. The lowest BCUT2D eigenvalue weighted by molar-refractivity contribution is 0.285. The van der Waals surface area contributed by atoms with Crippen molar-refractivity contribution in [2.75, 3.05) is 33.2 Å². The van der Waals surface area contributed by atoms with E-state index >= 15 is 0 Å². The number of fused-ring (bicyclic) bond motifs is 1. The molecule has 3 nitrogen and oxygen atoms in total. The maximum absolute atomic E-state index is 4.68. The summed E-state index contributed by atoms with van der Waals surface area (Å²) in [6, 6.07) is 8.54. The predicted molar refractivity (Wildman–Crippen MR) is 69.9 cm³/mol. The molecule has 1 aliphatic rings. The van der Waals surface area contributed by atoms with E-state index in [2.05, 4.69) is 41.0 Å². The minimum atomic E-state index is 0.969. The Hall–Kier alpha value is -0.970. The zero-order valence-corrected chi connectivity index (χ0v) is 10.3. The second kappa shape index (κ2) is 3.80. The standard InChI is InChI=1S/C12H16N3S/c1-15(8-6-13-7-9-15)12-10-4-2-3-5-11(10)16-14-12/h2-5,13H,6-9H2,1H3/q+1. The van der Waals surface area contributed by atoms with Gasteiger partial charge < -0.3 is 5.32 Å². The van der Waals surface area contributed by atoms with Crippen molar-refractivity contribution in [2.45, 2.75) is 0 Å². The van der Waals surface area contributed by atoms with Gasteiger partial charge in [-0.3, -0.25) is 4.48 Å². The van der Waals surface area contributed by atoms with E-state index in [9.17, 15) is 0 Å². The summed E-state index contributed by atoms with van der Waals surface area (Å²) >= 11 is 1.62. The highest BCUT2D eigenvalue weighted by Crippen LogP contribution is 2.32. The van der Waals surface area contributed by atoms with Crippen molar-refractivity contribution in [2.24, 2.45) is 0 Å². The van der Waals surface area contributed by atoms with Gasteiger partial charge in [0.05, 0.1) is 30.2 Å². The van der Waals surface area contributed by atoms with E-state index in [1.54, 1.807) is 11.5 Å². The summed E-state index contributed by atoms with van der Waals surface area (Å²) in [5.74, 6) is 1.25. The van der Waals surface area contributed by atoms with E-state index in [-0.39, 0.29) is 0 Å². The van der Waals surface area contributed by atoms with Crippen LogP contribution in [0.5, 0.6) is 0 Å². The first-order valence-corrected chi connectivity index (χ1v) is 6.47. The van der Waals surface area contributed by atoms with Crippen LogP contribution in [0, 0.1) is 0 Å². The van der Waals surface area contributed by atoms with Crippen molar-refractivity contribution in [3.8, 4) is 0 Å². The summed E-state index contributed by atoms with van der Waals surface area (Å²) in [7, 11) is 2.29. The molecule has 0 amide bonds. The van der Waals surface area contributed by atoms with Crippen LogP contribution in [-0.4, -0.2) is 37.6 Å². The van der Waals surface area contributed by atoms with E-state index in [0.717, 1.165) is 30.7 Å². The van der Waals surface area contributed by atoms with Crippen molar-refractivity contribution in [3.63, 3.8) is 0 Å². The molecule has 0 saturated carbocycles. The topological polar surface area (TPSA) is 24.9 Å². The zero-order valence-electron chi connectivity index (χ0n) is 9.44. The molecule has 2 heterocycles. The zero-order chi connectivity index (χ0) is 11.0. The Balaban J connectivity index is 2.11. The quantitative estimate of drug-likeness (QED) is 0.762. The molecule has 1 aromatic heterocycles. The SMILES string of the molecule is C[N+]1(c2nsc3ccccc23)CCNCC1. The van der Waals surface area contributed by atoms with Gasteiger partial charge in [-0.05, 0) is 23.7 Å². The van der Waals surface area contributed by atoms with E-state index in [4.69, 9.17) is 0 Å². The van der Waals surface area contributed by atoms with E-state index in [0.29, 0.717) is 0 Å². The molecule has 0 radical (unpaired) electrons. The number of piperazine rings is 1. The highest BCUT2D eigenvalue weighted by atomic mass is 32.1. The molecule has 1 fully saturated rings. The van der Waals surface area contributed by atoms with Gasteiger partial charge in [-0.2, -0.15) is 0 Å². The summed E-state index contributed by atoms with van der Waals surface area (Å²) in [6.07, 6.45) is 0. The van der Waals surface area contributed by atoms with E-state index < -0.39 is 0 Å². The van der Waals surface area contributed by atoms with Gasteiger partial charge in [0.1, 0.15) is 0 Å². The molecule has 0 atom stereocenters. The fourth-order valence-corrected chi connectivity index (χ4v) is 3.24. The van der Waals surface area contributed by atoms with Crippen molar-refractivity contribution in [1.82, 2.24) is 14.2 Å². The van der Waals surface area contributed by atoms with Crippen molar-refractivity contribution in [3.05, 3.63) is 24.3 Å². The molecular weight excluding hydrogens is 218 g/mol. The first-order valence-electron chi connectivity index (χ1n) is 5.70. The Morgan fingerprint density at radius 1 is 1.25 bits per heavy atom. The lowest BCUT2D eigenvalue weighted by Gasteiger charge is -2.35. The van der Waals surface area contributed by atoms with Gasteiger partial charge in [0.15, 0.2) is 0 Å². The average Bonchev–Trinajstić information content (AvgIpc) is 2.74. The van der Waals surface area contributed by atoms with Crippen LogP contribution >= 0.6 is 11.5 Å². The van der Waals surface area contributed by atoms with Gasteiger partial charge in [-0.1, -0.05) is 12.1 Å². The van der Waals surface area contributed by atoms with Gasteiger partial charge in [0.25, 0.3) is 0 Å². The van der Waals surface area contributed by atoms with Gasteiger partial charge in [0, 0.05) is 13.1 Å². The highest BCUT2D eigenvalue weighted by Gasteiger charge is 2.31. The Kier molecular flexibility index (Phi) is 2.42. The van der Waals surface area contributed by atoms with E-state index in [1.807, 2.05) is 0 Å². The van der Waals surface area contributed by atoms with Crippen molar-refractivity contribution < 1.29 is 0 Å². The fourth-order valence-electron chi connectivity index (χ4n) is 2.36. The third-order valence-electron chi connectivity index (χ3n) is 3.43. The van der Waals surface area contributed by atoms with Crippen LogP contribution in [0.15, 0.2) is 24.3 Å². The Morgan fingerprint density at radius 2 is 2.00 bits per heavy atom. The number of likely N-dealkylation sites (N-methyl/N-ethyl adjacent to an activating group) is 1. The van der Waals surface area contributed by atoms with Gasteiger partial charge >= 0.3 is 0 Å². The maximum atomic E-state index is 4.68. The molecule has 0 spiro atoms. The van der Waals surface area contributed by atoms with Crippen molar-refractivity contribution >= 4 is 27.4 Å². The highest BCUT2D eigenvalue weighted by molar-refractivity contribution is 7.13. The molecule has 1 N–H and O–H groups in total. The number of nitrogens with zero attached hydrogens (tertiary/aromatic N) is 2. The average molecular weight is 234 g/mol. The molecule has 2 aromatic rings. The number of hydrogen-bond acceptors (Lipinski definition) is 3. The minimum absolute atomic E-state index is 0.969.